The molecule has 0 saturated heterocycles. The van der Waals surface area contributed by atoms with Gasteiger partial charge < -0.3 is 4.74 Å². The summed E-state index contributed by atoms with van der Waals surface area (Å²) in [6, 6.07) is 8.58. The molecule has 0 N–H and O–H groups in total. The van der Waals surface area contributed by atoms with E-state index in [4.69, 9.17) is 4.74 Å². The van der Waals surface area contributed by atoms with Crippen LogP contribution in [0.2, 0.25) is 0 Å². The van der Waals surface area contributed by atoms with Gasteiger partial charge in [0, 0.05) is 6.07 Å². The highest BCUT2D eigenvalue weighted by molar-refractivity contribution is 5.32. The predicted molar refractivity (Wildman–Crippen MR) is 118 cm³/mol. The Kier molecular flexibility index (Phi) is 7.24. The van der Waals surface area contributed by atoms with Crippen LogP contribution in [0.1, 0.15) is 81.8 Å². The summed E-state index contributed by atoms with van der Waals surface area (Å²) in [6.45, 7) is 2.39. The molecule has 0 bridgehead atoms. The molecule has 0 aromatic heterocycles. The van der Waals surface area contributed by atoms with E-state index in [0.29, 0.717) is 17.2 Å². The lowest BCUT2D eigenvalue weighted by molar-refractivity contribution is 0.158. The topological polar surface area (TPSA) is 9.23 Å². The van der Waals surface area contributed by atoms with E-state index in [9.17, 15) is 13.2 Å². The van der Waals surface area contributed by atoms with Crippen molar-refractivity contribution in [1.82, 2.24) is 0 Å². The number of hydrogen-bond acceptors (Lipinski definition) is 1. The molecule has 0 unspecified atom stereocenters. The maximum Gasteiger partial charge on any atom is 0.159 e. The second-order valence-electron chi connectivity index (χ2n) is 9.56. The number of rotatable bonds is 6. The average molecular weight is 431 g/mol. The molecule has 0 aliphatic heterocycles. The molecule has 0 amide bonds. The van der Waals surface area contributed by atoms with E-state index >= 15 is 0 Å². The van der Waals surface area contributed by atoms with E-state index in [1.807, 2.05) is 6.07 Å². The van der Waals surface area contributed by atoms with E-state index in [1.165, 1.54) is 57.1 Å². The van der Waals surface area contributed by atoms with Crippen LogP contribution < -0.4 is 4.74 Å². The van der Waals surface area contributed by atoms with Crippen molar-refractivity contribution in [1.29, 1.82) is 0 Å². The van der Waals surface area contributed by atoms with Gasteiger partial charge in [0.2, 0.25) is 0 Å². The lowest BCUT2D eigenvalue weighted by Gasteiger charge is -2.38. The summed E-state index contributed by atoms with van der Waals surface area (Å²) in [5.74, 6) is 1.36. The van der Waals surface area contributed by atoms with E-state index in [1.54, 1.807) is 6.07 Å². The van der Waals surface area contributed by atoms with Gasteiger partial charge in [0.25, 0.3) is 0 Å². The molecule has 2 saturated carbocycles. The van der Waals surface area contributed by atoms with Crippen LogP contribution in [0.25, 0.3) is 0 Å². The zero-order valence-corrected chi connectivity index (χ0v) is 18.4. The van der Waals surface area contributed by atoms with Crippen LogP contribution in [0.3, 0.4) is 0 Å². The molecule has 1 nitrogen and oxygen atoms in total. The SMILES string of the molecule is CCC1CCC(C2CCC(c3cc(F)cc(OCc4ccc(F)c(F)c4)c3)CC2)CC1. The molecule has 31 heavy (non-hydrogen) atoms. The summed E-state index contributed by atoms with van der Waals surface area (Å²) < 4.78 is 46.5. The first-order valence-corrected chi connectivity index (χ1v) is 11.9. The molecule has 2 aliphatic carbocycles. The van der Waals surface area contributed by atoms with Crippen molar-refractivity contribution in [2.45, 2.75) is 77.2 Å². The number of ether oxygens (including phenoxy) is 1. The van der Waals surface area contributed by atoms with Gasteiger partial charge in [0.05, 0.1) is 0 Å². The molecule has 4 heteroatoms. The lowest BCUT2D eigenvalue weighted by Crippen LogP contribution is -2.25. The molecule has 2 fully saturated rings. The minimum Gasteiger partial charge on any atom is -0.489 e. The van der Waals surface area contributed by atoms with E-state index in [0.717, 1.165) is 48.3 Å². The number of benzene rings is 2. The molecule has 0 spiro atoms. The van der Waals surface area contributed by atoms with Gasteiger partial charge in [-0.25, -0.2) is 13.2 Å². The number of halogens is 3. The van der Waals surface area contributed by atoms with Gasteiger partial charge in [-0.2, -0.15) is 0 Å². The minimum atomic E-state index is -0.902. The van der Waals surface area contributed by atoms with Gasteiger partial charge >= 0.3 is 0 Å². The maximum absolute atomic E-state index is 14.3. The third-order valence-corrected chi connectivity index (χ3v) is 7.66. The van der Waals surface area contributed by atoms with Gasteiger partial charge in [0.15, 0.2) is 11.6 Å². The van der Waals surface area contributed by atoms with E-state index in [-0.39, 0.29) is 12.4 Å². The average Bonchev–Trinajstić information content (AvgIpc) is 2.80. The smallest absolute Gasteiger partial charge is 0.159 e. The van der Waals surface area contributed by atoms with Crippen molar-refractivity contribution in [3.8, 4) is 5.75 Å². The Hall–Kier alpha value is -1.97. The van der Waals surface area contributed by atoms with Crippen molar-refractivity contribution in [2.75, 3.05) is 0 Å². The summed E-state index contributed by atoms with van der Waals surface area (Å²) in [5, 5.41) is 0. The van der Waals surface area contributed by atoms with Crippen LogP contribution in [0.5, 0.6) is 5.75 Å². The second-order valence-corrected chi connectivity index (χ2v) is 9.56. The van der Waals surface area contributed by atoms with Gasteiger partial charge in [-0.15, -0.1) is 0 Å². The fourth-order valence-corrected chi connectivity index (χ4v) is 5.69. The first kappa shape index (κ1) is 22.2. The Morgan fingerprint density at radius 2 is 1.45 bits per heavy atom. The largest absolute Gasteiger partial charge is 0.489 e. The van der Waals surface area contributed by atoms with Crippen molar-refractivity contribution >= 4 is 0 Å². The summed E-state index contributed by atoms with van der Waals surface area (Å²) in [7, 11) is 0. The maximum atomic E-state index is 14.3. The molecule has 2 aromatic rings. The second kappa shape index (κ2) is 10.1. The minimum absolute atomic E-state index is 0.0767. The van der Waals surface area contributed by atoms with Crippen LogP contribution in [0.15, 0.2) is 36.4 Å². The molecule has 4 rings (SSSR count). The highest BCUT2D eigenvalue weighted by atomic mass is 19.2. The third-order valence-electron chi connectivity index (χ3n) is 7.66. The molecule has 168 valence electrons. The Morgan fingerprint density at radius 1 is 0.774 bits per heavy atom. The Labute approximate surface area is 184 Å². The van der Waals surface area contributed by atoms with Crippen LogP contribution in [0.4, 0.5) is 13.2 Å². The quantitative estimate of drug-likeness (QED) is 0.449. The Morgan fingerprint density at radius 3 is 2.10 bits per heavy atom. The lowest BCUT2D eigenvalue weighted by atomic mass is 9.68. The molecule has 2 aromatic carbocycles. The highest BCUT2D eigenvalue weighted by Gasteiger charge is 2.31. The van der Waals surface area contributed by atoms with Crippen molar-refractivity contribution in [3.05, 3.63) is 65.0 Å². The van der Waals surface area contributed by atoms with Gasteiger partial charge in [-0.05, 0) is 97.6 Å². The summed E-state index contributed by atoms with van der Waals surface area (Å²) in [4.78, 5) is 0. The molecule has 0 heterocycles. The first-order chi connectivity index (χ1) is 15.0. The van der Waals surface area contributed by atoms with E-state index in [2.05, 4.69) is 6.92 Å². The fourth-order valence-electron chi connectivity index (χ4n) is 5.69. The summed E-state index contributed by atoms with van der Waals surface area (Å²) in [5.41, 5.74) is 1.51. The predicted octanol–water partition coefficient (Wildman–Crippen LogP) is 8.17. The normalized spacial score (nSPS) is 26.6. The first-order valence-electron chi connectivity index (χ1n) is 11.9. The molecule has 0 radical (unpaired) electrons. The Balaban J connectivity index is 1.34. The number of hydrogen-bond donors (Lipinski definition) is 0. The van der Waals surface area contributed by atoms with Crippen molar-refractivity contribution < 1.29 is 17.9 Å². The molecule has 0 atom stereocenters. The van der Waals surface area contributed by atoms with Crippen LogP contribution >= 0.6 is 0 Å². The van der Waals surface area contributed by atoms with Gasteiger partial charge in [-0.1, -0.05) is 32.3 Å². The molecular weight excluding hydrogens is 397 g/mol. The fraction of sp³-hybridized carbons (Fsp3) is 0.556. The van der Waals surface area contributed by atoms with Crippen LogP contribution in [0, 0.1) is 35.2 Å². The summed E-state index contributed by atoms with van der Waals surface area (Å²) in [6.07, 6.45) is 11.5. The molecular formula is C27H33F3O. The zero-order valence-electron chi connectivity index (χ0n) is 18.4. The van der Waals surface area contributed by atoms with Crippen molar-refractivity contribution in [2.24, 2.45) is 17.8 Å². The van der Waals surface area contributed by atoms with Crippen LogP contribution in [-0.2, 0) is 6.61 Å². The Bertz CT molecular complexity index is 865. The van der Waals surface area contributed by atoms with Crippen LogP contribution in [-0.4, -0.2) is 0 Å². The van der Waals surface area contributed by atoms with Gasteiger partial charge in [0.1, 0.15) is 18.2 Å². The zero-order chi connectivity index (χ0) is 21.8. The molecule has 2 aliphatic rings. The highest BCUT2D eigenvalue weighted by Crippen LogP contribution is 2.44. The van der Waals surface area contributed by atoms with E-state index < -0.39 is 11.6 Å². The van der Waals surface area contributed by atoms with Crippen molar-refractivity contribution in [3.63, 3.8) is 0 Å². The van der Waals surface area contributed by atoms with Gasteiger partial charge in [-0.3, -0.25) is 0 Å². The third kappa shape index (κ3) is 5.64. The monoisotopic (exact) mass is 430 g/mol. The summed E-state index contributed by atoms with van der Waals surface area (Å²) >= 11 is 0. The standard InChI is InChI=1S/C27H33F3O/c1-2-18-3-6-20(7-4-18)21-8-10-22(11-9-21)23-14-24(28)16-25(15-23)31-17-19-5-12-26(29)27(30)13-19/h5,12-16,18,20-22H,2-4,6-11,17H2,1H3.